The lowest BCUT2D eigenvalue weighted by Gasteiger charge is -2.26. The number of hydrogen-bond donors (Lipinski definition) is 0. The summed E-state index contributed by atoms with van der Waals surface area (Å²) in [7, 11) is 0. The third-order valence-electron chi connectivity index (χ3n) is 6.93. The van der Waals surface area contributed by atoms with E-state index in [9.17, 15) is 0 Å². The van der Waals surface area contributed by atoms with E-state index >= 15 is 0 Å². The molecule has 0 saturated heterocycles. The number of benzene rings is 5. The molecule has 0 fully saturated rings. The summed E-state index contributed by atoms with van der Waals surface area (Å²) in [4.78, 5) is 6.80. The van der Waals surface area contributed by atoms with E-state index in [1.807, 2.05) is 24.3 Å². The van der Waals surface area contributed by atoms with Crippen LogP contribution in [0.2, 0.25) is 0 Å². The van der Waals surface area contributed by atoms with Crippen molar-refractivity contribution in [1.82, 2.24) is 4.98 Å². The minimum atomic E-state index is 0.797. The Balaban J connectivity index is 1.34. The van der Waals surface area contributed by atoms with Gasteiger partial charge in [0.25, 0.3) is 0 Å². The molecular weight excluding hydrogens is 464 g/mol. The average molecular weight is 489 g/mol. The topological polar surface area (TPSA) is 29.3 Å². The van der Waals surface area contributed by atoms with Crippen molar-refractivity contribution in [2.24, 2.45) is 0 Å². The van der Waals surface area contributed by atoms with E-state index in [0.29, 0.717) is 0 Å². The van der Waals surface area contributed by atoms with Crippen molar-refractivity contribution in [3.8, 4) is 22.3 Å². The first-order chi connectivity index (χ1) is 18.8. The molecule has 0 N–H and O–H groups in total. The minimum absolute atomic E-state index is 0.797. The van der Waals surface area contributed by atoms with Gasteiger partial charge in [0.1, 0.15) is 11.1 Å². The molecule has 5 aromatic carbocycles. The molecule has 0 saturated carbocycles. The molecule has 180 valence electrons. The standard InChI is InChI=1S/C35H24N2O/c1-3-8-25(9-4-1)27-13-17-29(18-14-27)37(30-19-15-28(16-20-30)26-10-5-2-6-11-26)31-21-22-32-34(24-31)38-33-12-7-23-36-35(32)33/h1-24H. The Morgan fingerprint density at radius 3 is 1.55 bits per heavy atom. The van der Waals surface area contributed by atoms with Crippen molar-refractivity contribution in [3.63, 3.8) is 0 Å². The first-order valence-electron chi connectivity index (χ1n) is 12.7. The lowest BCUT2D eigenvalue weighted by molar-refractivity contribution is 0.668. The Morgan fingerprint density at radius 2 is 0.974 bits per heavy atom. The molecule has 0 atom stereocenters. The van der Waals surface area contributed by atoms with Crippen LogP contribution in [0.4, 0.5) is 17.1 Å². The molecule has 0 unspecified atom stereocenters. The van der Waals surface area contributed by atoms with Gasteiger partial charge in [-0.25, -0.2) is 0 Å². The number of pyridine rings is 1. The van der Waals surface area contributed by atoms with E-state index in [1.165, 1.54) is 22.3 Å². The lowest BCUT2D eigenvalue weighted by atomic mass is 10.0. The molecule has 0 aliphatic heterocycles. The molecule has 7 aromatic rings. The van der Waals surface area contributed by atoms with E-state index < -0.39 is 0 Å². The fraction of sp³-hybridized carbons (Fsp3) is 0. The Labute approximate surface area is 221 Å². The molecule has 3 heteroatoms. The van der Waals surface area contributed by atoms with E-state index in [0.717, 1.165) is 39.1 Å². The van der Waals surface area contributed by atoms with E-state index in [4.69, 9.17) is 4.42 Å². The zero-order chi connectivity index (χ0) is 25.3. The smallest absolute Gasteiger partial charge is 0.153 e. The van der Waals surface area contributed by atoms with Crippen LogP contribution in [-0.4, -0.2) is 4.98 Å². The molecular formula is C35H24N2O. The molecule has 0 amide bonds. The Kier molecular flexibility index (Phi) is 5.45. The second kappa shape index (κ2) is 9.38. The van der Waals surface area contributed by atoms with Crippen LogP contribution in [0.3, 0.4) is 0 Å². The Hall–Kier alpha value is -5.15. The molecule has 0 aliphatic carbocycles. The van der Waals surface area contributed by atoms with Crippen molar-refractivity contribution in [2.75, 3.05) is 4.90 Å². The minimum Gasteiger partial charge on any atom is -0.454 e. The van der Waals surface area contributed by atoms with Crippen LogP contribution in [0.25, 0.3) is 44.3 Å². The van der Waals surface area contributed by atoms with Crippen molar-refractivity contribution < 1.29 is 4.42 Å². The van der Waals surface area contributed by atoms with Gasteiger partial charge in [0.15, 0.2) is 5.58 Å². The third kappa shape index (κ3) is 4.00. The van der Waals surface area contributed by atoms with Gasteiger partial charge in [-0.3, -0.25) is 4.98 Å². The van der Waals surface area contributed by atoms with Gasteiger partial charge in [0.2, 0.25) is 0 Å². The largest absolute Gasteiger partial charge is 0.454 e. The van der Waals surface area contributed by atoms with Crippen LogP contribution in [0.15, 0.2) is 150 Å². The van der Waals surface area contributed by atoms with E-state index in [2.05, 4.69) is 125 Å². The highest BCUT2D eigenvalue weighted by Gasteiger charge is 2.16. The zero-order valence-corrected chi connectivity index (χ0v) is 20.7. The predicted octanol–water partition coefficient (Wildman–Crippen LogP) is 9.78. The maximum absolute atomic E-state index is 6.18. The maximum atomic E-state index is 6.18. The monoisotopic (exact) mass is 488 g/mol. The second-order valence-electron chi connectivity index (χ2n) is 9.29. The number of nitrogens with zero attached hydrogens (tertiary/aromatic N) is 2. The summed E-state index contributed by atoms with van der Waals surface area (Å²) in [5.41, 5.74) is 10.5. The molecule has 7 rings (SSSR count). The van der Waals surface area contributed by atoms with Crippen molar-refractivity contribution in [1.29, 1.82) is 0 Å². The van der Waals surface area contributed by atoms with Crippen LogP contribution in [0, 0.1) is 0 Å². The molecule has 2 heterocycles. The molecule has 0 spiro atoms. The first-order valence-corrected chi connectivity index (χ1v) is 12.7. The van der Waals surface area contributed by atoms with Crippen LogP contribution in [-0.2, 0) is 0 Å². The van der Waals surface area contributed by atoms with Gasteiger partial charge in [-0.05, 0) is 70.8 Å². The van der Waals surface area contributed by atoms with Crippen molar-refractivity contribution in [2.45, 2.75) is 0 Å². The summed E-state index contributed by atoms with van der Waals surface area (Å²) >= 11 is 0. The average Bonchev–Trinajstić information content (AvgIpc) is 3.37. The van der Waals surface area contributed by atoms with Gasteiger partial charge in [-0.1, -0.05) is 84.9 Å². The summed E-state index contributed by atoms with van der Waals surface area (Å²) in [6, 6.07) is 48.6. The predicted molar refractivity (Wildman–Crippen MR) is 157 cm³/mol. The Bertz CT molecular complexity index is 1760. The molecule has 3 nitrogen and oxygen atoms in total. The number of fused-ring (bicyclic) bond motifs is 3. The summed E-state index contributed by atoms with van der Waals surface area (Å²) in [5, 5.41) is 1.02. The number of hydrogen-bond acceptors (Lipinski definition) is 3. The SMILES string of the molecule is c1ccc(-c2ccc(N(c3ccc(-c4ccccc4)cc3)c3ccc4c(c3)oc3cccnc34)cc2)cc1. The fourth-order valence-corrected chi connectivity index (χ4v) is 5.04. The summed E-state index contributed by atoms with van der Waals surface area (Å²) in [5.74, 6) is 0. The van der Waals surface area contributed by atoms with Gasteiger partial charge >= 0.3 is 0 Å². The van der Waals surface area contributed by atoms with Crippen molar-refractivity contribution in [3.05, 3.63) is 146 Å². The van der Waals surface area contributed by atoms with Gasteiger partial charge in [0.05, 0.1) is 0 Å². The van der Waals surface area contributed by atoms with Crippen LogP contribution in [0.1, 0.15) is 0 Å². The zero-order valence-electron chi connectivity index (χ0n) is 20.7. The molecule has 38 heavy (non-hydrogen) atoms. The number of anilines is 3. The molecule has 2 aromatic heterocycles. The van der Waals surface area contributed by atoms with E-state index in [-0.39, 0.29) is 0 Å². The third-order valence-corrected chi connectivity index (χ3v) is 6.93. The molecule has 0 aliphatic rings. The summed E-state index contributed by atoms with van der Waals surface area (Å²) < 4.78 is 6.18. The summed E-state index contributed by atoms with van der Waals surface area (Å²) in [6.07, 6.45) is 1.81. The van der Waals surface area contributed by atoms with Gasteiger partial charge < -0.3 is 9.32 Å². The van der Waals surface area contributed by atoms with E-state index in [1.54, 1.807) is 6.20 Å². The van der Waals surface area contributed by atoms with Gasteiger partial charge in [-0.2, -0.15) is 0 Å². The highest BCUT2D eigenvalue weighted by atomic mass is 16.3. The highest BCUT2D eigenvalue weighted by Crippen LogP contribution is 2.39. The molecule has 0 radical (unpaired) electrons. The second-order valence-corrected chi connectivity index (χ2v) is 9.29. The van der Waals surface area contributed by atoms with Gasteiger partial charge in [0, 0.05) is 34.7 Å². The number of furan rings is 1. The fourth-order valence-electron chi connectivity index (χ4n) is 5.04. The normalized spacial score (nSPS) is 11.2. The van der Waals surface area contributed by atoms with Crippen LogP contribution in [0.5, 0.6) is 0 Å². The van der Waals surface area contributed by atoms with Gasteiger partial charge in [-0.15, -0.1) is 0 Å². The van der Waals surface area contributed by atoms with Crippen molar-refractivity contribution >= 4 is 39.1 Å². The maximum Gasteiger partial charge on any atom is 0.153 e. The number of aromatic nitrogens is 1. The highest BCUT2D eigenvalue weighted by molar-refractivity contribution is 6.03. The quantitative estimate of drug-likeness (QED) is 0.241. The first kappa shape index (κ1) is 22.1. The summed E-state index contributed by atoms with van der Waals surface area (Å²) in [6.45, 7) is 0. The number of rotatable bonds is 5. The van der Waals surface area contributed by atoms with Crippen LogP contribution < -0.4 is 4.90 Å². The molecule has 0 bridgehead atoms. The lowest BCUT2D eigenvalue weighted by Crippen LogP contribution is -2.09. The Morgan fingerprint density at radius 1 is 0.447 bits per heavy atom. The van der Waals surface area contributed by atoms with Crippen LogP contribution >= 0.6 is 0 Å².